The van der Waals surface area contributed by atoms with Crippen molar-refractivity contribution in [3.05, 3.63) is 35.9 Å². The molecule has 3 rings (SSSR count). The fourth-order valence-electron chi connectivity index (χ4n) is 3.55. The van der Waals surface area contributed by atoms with Crippen molar-refractivity contribution in [2.24, 2.45) is 0 Å². The number of fused-ring (bicyclic) bond motifs is 1. The summed E-state index contributed by atoms with van der Waals surface area (Å²) < 4.78 is 11.4. The first-order valence-corrected chi connectivity index (χ1v) is 9.30. The highest BCUT2D eigenvalue weighted by molar-refractivity contribution is 7.87. The van der Waals surface area contributed by atoms with Gasteiger partial charge in [0.1, 0.15) is 17.3 Å². The Bertz CT molecular complexity index is 854. The maximum Gasteiger partial charge on any atom is 0.249 e. The summed E-state index contributed by atoms with van der Waals surface area (Å²) in [5.74, 6) is -6.58. The summed E-state index contributed by atoms with van der Waals surface area (Å²) in [5, 5.41) is 24.1. The molecule has 1 aromatic rings. The molecule has 1 aromatic carbocycles. The van der Waals surface area contributed by atoms with E-state index < -0.39 is 62.7 Å². The molecule has 2 heterocycles. The van der Waals surface area contributed by atoms with E-state index in [1.165, 1.54) is 26.0 Å². The number of aliphatic carboxylic acids is 2. The van der Waals surface area contributed by atoms with Gasteiger partial charge < -0.3 is 30.0 Å². The third kappa shape index (κ3) is 2.80. The lowest BCUT2D eigenvalue weighted by Gasteiger charge is -2.44. The van der Waals surface area contributed by atoms with E-state index in [2.05, 4.69) is 5.32 Å². The van der Waals surface area contributed by atoms with Gasteiger partial charge >= 0.3 is 0 Å². The maximum absolute atomic E-state index is 12.7. The second-order valence-corrected chi connectivity index (χ2v) is 9.04. The highest BCUT2D eigenvalue weighted by Crippen LogP contribution is 2.43. The molecule has 0 bridgehead atoms. The standard InChI is InChI=1S/C17H18N2O7S/c1-17(2)11(16(24)25)19-13(21)10(14(19)27(17)26)18-12(20)9(15(22)23)8-6-4-3-5-7-8/h3-7,9-11,14H,1-2H3,(H,18,20)(H,22,23)(H,24,25)/p-2. The summed E-state index contributed by atoms with van der Waals surface area (Å²) in [6.45, 7) is 2.87. The zero-order valence-corrected chi connectivity index (χ0v) is 15.2. The Labute approximate surface area is 156 Å². The lowest BCUT2D eigenvalue weighted by molar-refractivity contribution is -0.312. The van der Waals surface area contributed by atoms with Crippen LogP contribution in [0.2, 0.25) is 0 Å². The number of nitrogens with one attached hydrogen (secondary N) is 1. The van der Waals surface area contributed by atoms with E-state index in [1.807, 2.05) is 0 Å². The van der Waals surface area contributed by atoms with Gasteiger partial charge in [-0.05, 0) is 19.4 Å². The summed E-state index contributed by atoms with van der Waals surface area (Å²) in [7, 11) is -1.80. The van der Waals surface area contributed by atoms with E-state index in [0.717, 1.165) is 4.90 Å². The highest BCUT2D eigenvalue weighted by Gasteiger charge is 2.66. The molecule has 0 spiro atoms. The van der Waals surface area contributed by atoms with Crippen LogP contribution in [0.5, 0.6) is 0 Å². The minimum atomic E-state index is -1.80. The monoisotopic (exact) mass is 392 g/mol. The third-order valence-electron chi connectivity index (χ3n) is 4.91. The van der Waals surface area contributed by atoms with Gasteiger partial charge in [0.05, 0.1) is 33.5 Å². The van der Waals surface area contributed by atoms with E-state index in [-0.39, 0.29) is 5.56 Å². The average molecular weight is 392 g/mol. The van der Waals surface area contributed by atoms with Crippen molar-refractivity contribution in [1.82, 2.24) is 10.2 Å². The van der Waals surface area contributed by atoms with Crippen molar-refractivity contribution in [3.8, 4) is 0 Å². The highest BCUT2D eigenvalue weighted by atomic mass is 32.2. The van der Waals surface area contributed by atoms with Crippen LogP contribution < -0.4 is 15.5 Å². The Hall–Kier alpha value is -2.75. The fraction of sp³-hybridized carbons (Fsp3) is 0.412. The maximum atomic E-state index is 12.7. The largest absolute Gasteiger partial charge is 0.549 e. The van der Waals surface area contributed by atoms with Crippen LogP contribution >= 0.6 is 0 Å². The zero-order chi connectivity index (χ0) is 20.1. The fourth-order valence-corrected chi connectivity index (χ4v) is 5.47. The number of carboxylic acids is 2. The second-order valence-electron chi connectivity index (χ2n) is 6.91. The summed E-state index contributed by atoms with van der Waals surface area (Å²) in [6.07, 6.45) is 0. The Kier molecular flexibility index (Phi) is 4.54. The van der Waals surface area contributed by atoms with E-state index in [4.69, 9.17) is 0 Å². The van der Waals surface area contributed by atoms with Crippen molar-refractivity contribution in [2.75, 3.05) is 0 Å². The molecule has 2 aliphatic rings. The van der Waals surface area contributed by atoms with Gasteiger partial charge in [-0.1, -0.05) is 30.3 Å². The molecule has 0 aliphatic carbocycles. The van der Waals surface area contributed by atoms with Crippen molar-refractivity contribution in [2.45, 2.75) is 42.0 Å². The first kappa shape index (κ1) is 19.0. The van der Waals surface area contributed by atoms with Gasteiger partial charge in [-0.3, -0.25) is 13.8 Å². The molecule has 2 saturated heterocycles. The van der Waals surface area contributed by atoms with Crippen molar-refractivity contribution in [1.29, 1.82) is 0 Å². The lowest BCUT2D eigenvalue weighted by atomic mass is 9.94. The average Bonchev–Trinajstić information content (AvgIpc) is 2.78. The third-order valence-corrected chi connectivity index (χ3v) is 7.10. The molecule has 0 saturated carbocycles. The van der Waals surface area contributed by atoms with Crippen molar-refractivity contribution in [3.63, 3.8) is 0 Å². The number of hydrogen-bond acceptors (Lipinski definition) is 7. The van der Waals surface area contributed by atoms with Gasteiger partial charge in [0.2, 0.25) is 11.8 Å². The summed E-state index contributed by atoms with van der Waals surface area (Å²) in [6, 6.07) is 4.94. The Morgan fingerprint density at radius 3 is 2.30 bits per heavy atom. The molecule has 144 valence electrons. The Morgan fingerprint density at radius 1 is 1.19 bits per heavy atom. The van der Waals surface area contributed by atoms with Gasteiger partial charge in [-0.25, -0.2) is 0 Å². The molecule has 9 nitrogen and oxygen atoms in total. The lowest BCUT2D eigenvalue weighted by Crippen LogP contribution is -2.72. The van der Waals surface area contributed by atoms with Gasteiger partial charge in [0.25, 0.3) is 0 Å². The topological polar surface area (TPSA) is 147 Å². The van der Waals surface area contributed by atoms with Gasteiger partial charge in [-0.15, -0.1) is 0 Å². The molecular formula is C17H16N2O7S-2. The quantitative estimate of drug-likeness (QED) is 0.411. The first-order chi connectivity index (χ1) is 12.6. The molecule has 2 aliphatic heterocycles. The van der Waals surface area contributed by atoms with Crippen molar-refractivity contribution < 1.29 is 33.6 Å². The van der Waals surface area contributed by atoms with Crippen LogP contribution in [0.3, 0.4) is 0 Å². The SMILES string of the molecule is CC1(C)C(C(=O)[O-])N2C(=O)C(NC(=O)C(C(=O)[O-])c3ccccc3)C2S1=O. The number of rotatable bonds is 5. The molecule has 5 atom stereocenters. The normalized spacial score (nSPS) is 29.4. The van der Waals surface area contributed by atoms with Crippen LogP contribution in [0, 0.1) is 0 Å². The summed E-state index contributed by atoms with van der Waals surface area (Å²) in [5.41, 5.74) is 0.166. The molecule has 2 fully saturated rings. The number of hydrogen-bond donors (Lipinski definition) is 1. The van der Waals surface area contributed by atoms with Gasteiger partial charge in [0, 0.05) is 0 Å². The van der Waals surface area contributed by atoms with E-state index in [1.54, 1.807) is 18.2 Å². The van der Waals surface area contributed by atoms with E-state index in [9.17, 15) is 33.6 Å². The van der Waals surface area contributed by atoms with E-state index >= 15 is 0 Å². The molecule has 1 N–H and O–H groups in total. The number of amides is 2. The number of β-lactam (4-membered cyclic amide) rings is 1. The minimum absolute atomic E-state index is 0.166. The first-order valence-electron chi connectivity index (χ1n) is 8.09. The molecule has 0 aromatic heterocycles. The van der Waals surface area contributed by atoms with Gasteiger partial charge in [-0.2, -0.15) is 0 Å². The summed E-state index contributed by atoms with van der Waals surface area (Å²) in [4.78, 5) is 48.6. The Morgan fingerprint density at radius 2 is 1.78 bits per heavy atom. The molecular weight excluding hydrogens is 376 g/mol. The predicted octanol–water partition coefficient (Wildman–Crippen LogP) is -3.17. The molecule has 27 heavy (non-hydrogen) atoms. The van der Waals surface area contributed by atoms with E-state index in [0.29, 0.717) is 0 Å². The van der Waals surface area contributed by atoms with Crippen LogP contribution in [0.15, 0.2) is 30.3 Å². The number of benzene rings is 1. The minimum Gasteiger partial charge on any atom is -0.549 e. The number of carbonyl (C=O) groups is 4. The Balaban J connectivity index is 1.84. The van der Waals surface area contributed by atoms with Crippen molar-refractivity contribution >= 4 is 34.6 Å². The molecule has 2 amide bonds. The molecule has 0 radical (unpaired) electrons. The smallest absolute Gasteiger partial charge is 0.249 e. The van der Waals surface area contributed by atoms with Crippen LogP contribution in [0.4, 0.5) is 0 Å². The number of carbonyl (C=O) groups excluding carboxylic acids is 4. The predicted molar refractivity (Wildman–Crippen MR) is 87.8 cm³/mol. The van der Waals surface area contributed by atoms with Crippen LogP contribution in [-0.4, -0.2) is 55.1 Å². The number of carboxylic acid groups (broad SMARTS) is 2. The zero-order valence-electron chi connectivity index (χ0n) is 14.4. The number of nitrogens with zero attached hydrogens (tertiary/aromatic N) is 1. The second kappa shape index (κ2) is 6.45. The molecule has 5 unspecified atom stereocenters. The van der Waals surface area contributed by atoms with Gasteiger partial charge in [0.15, 0.2) is 0 Å². The summed E-state index contributed by atoms with van der Waals surface area (Å²) >= 11 is 0. The van der Waals surface area contributed by atoms with Crippen LogP contribution in [0.1, 0.15) is 25.3 Å². The molecule has 10 heteroatoms. The van der Waals surface area contributed by atoms with Crippen LogP contribution in [-0.2, 0) is 30.0 Å². The van der Waals surface area contributed by atoms with Crippen LogP contribution in [0.25, 0.3) is 0 Å².